The van der Waals surface area contributed by atoms with Crippen LogP contribution in [0.15, 0.2) is 11.3 Å². The van der Waals surface area contributed by atoms with Gasteiger partial charge in [0.25, 0.3) is 0 Å². The summed E-state index contributed by atoms with van der Waals surface area (Å²) in [5.74, 6) is -1.78. The molecule has 0 aliphatic carbocycles. The lowest BCUT2D eigenvalue weighted by molar-refractivity contribution is -0.133. The molecule has 0 spiro atoms. The maximum atomic E-state index is 12.6. The van der Waals surface area contributed by atoms with E-state index >= 15 is 0 Å². The van der Waals surface area contributed by atoms with Crippen molar-refractivity contribution in [3.63, 3.8) is 0 Å². The van der Waals surface area contributed by atoms with Gasteiger partial charge in [-0.15, -0.1) is 0 Å². The smallest absolute Gasteiger partial charge is 0.431 e. The molecular formula is C10H15F3N2O2. The zero-order valence-corrected chi connectivity index (χ0v) is 9.77. The highest BCUT2D eigenvalue weighted by molar-refractivity contribution is 6.08. The highest BCUT2D eigenvalue weighted by Crippen LogP contribution is 2.26. The fourth-order valence-corrected chi connectivity index (χ4v) is 0.943. The Labute approximate surface area is 97.0 Å². The van der Waals surface area contributed by atoms with Gasteiger partial charge in [-0.05, 0) is 5.41 Å². The Morgan fingerprint density at radius 2 is 1.82 bits per heavy atom. The van der Waals surface area contributed by atoms with Crippen LogP contribution in [0.25, 0.3) is 0 Å². The first-order valence-electron chi connectivity index (χ1n) is 4.78. The topological polar surface area (TPSA) is 73.2 Å². The SMILES string of the molecule is CC(C)(C)CN/C(=C(\C=N)C(=O)O)C(F)(F)F. The molecule has 0 aromatic heterocycles. The molecule has 0 saturated carbocycles. The minimum atomic E-state index is -4.82. The number of hydrogen-bond acceptors (Lipinski definition) is 3. The van der Waals surface area contributed by atoms with Crippen LogP contribution in [0.4, 0.5) is 13.2 Å². The van der Waals surface area contributed by atoms with Gasteiger partial charge >= 0.3 is 12.1 Å². The van der Waals surface area contributed by atoms with Crippen LogP contribution in [0.2, 0.25) is 0 Å². The summed E-state index contributed by atoms with van der Waals surface area (Å²) in [5.41, 5.74) is -2.93. The molecule has 0 aliphatic rings. The van der Waals surface area contributed by atoms with Gasteiger partial charge in [-0.3, -0.25) is 0 Å². The van der Waals surface area contributed by atoms with Gasteiger partial charge in [0, 0.05) is 12.8 Å². The molecule has 17 heavy (non-hydrogen) atoms. The van der Waals surface area contributed by atoms with Gasteiger partial charge < -0.3 is 15.8 Å². The van der Waals surface area contributed by atoms with Gasteiger partial charge in [-0.25, -0.2) is 4.79 Å². The van der Waals surface area contributed by atoms with Crippen molar-refractivity contribution >= 4 is 12.2 Å². The average molecular weight is 252 g/mol. The van der Waals surface area contributed by atoms with Gasteiger partial charge in [0.1, 0.15) is 11.3 Å². The van der Waals surface area contributed by atoms with Crippen LogP contribution in [0.3, 0.4) is 0 Å². The Balaban J connectivity index is 5.29. The largest absolute Gasteiger partial charge is 0.478 e. The molecule has 0 aliphatic heterocycles. The third-order valence-corrected chi connectivity index (χ3v) is 1.72. The molecule has 0 bridgehead atoms. The number of allylic oxidation sites excluding steroid dienone is 1. The molecule has 7 heteroatoms. The van der Waals surface area contributed by atoms with E-state index < -0.39 is 28.8 Å². The van der Waals surface area contributed by atoms with Gasteiger partial charge in [-0.1, -0.05) is 20.8 Å². The van der Waals surface area contributed by atoms with Crippen molar-refractivity contribution in [3.8, 4) is 0 Å². The van der Waals surface area contributed by atoms with Crippen molar-refractivity contribution in [2.24, 2.45) is 5.41 Å². The Hall–Kier alpha value is -1.53. The first kappa shape index (κ1) is 15.5. The molecule has 0 rings (SSSR count). The van der Waals surface area contributed by atoms with Crippen LogP contribution in [0, 0.1) is 10.8 Å². The van der Waals surface area contributed by atoms with E-state index in [-0.39, 0.29) is 12.8 Å². The molecule has 0 radical (unpaired) electrons. The van der Waals surface area contributed by atoms with Gasteiger partial charge in [-0.2, -0.15) is 13.2 Å². The first-order chi connectivity index (χ1) is 7.49. The highest BCUT2D eigenvalue weighted by atomic mass is 19.4. The lowest BCUT2D eigenvalue weighted by atomic mass is 9.96. The van der Waals surface area contributed by atoms with Crippen LogP contribution in [-0.2, 0) is 4.79 Å². The van der Waals surface area contributed by atoms with E-state index in [0.717, 1.165) is 0 Å². The predicted molar refractivity (Wildman–Crippen MR) is 57.0 cm³/mol. The maximum absolute atomic E-state index is 12.6. The number of nitrogens with one attached hydrogen (secondary N) is 2. The third-order valence-electron chi connectivity index (χ3n) is 1.72. The molecule has 0 saturated heterocycles. The van der Waals surface area contributed by atoms with E-state index in [0.29, 0.717) is 0 Å². The van der Waals surface area contributed by atoms with E-state index in [1.807, 2.05) is 0 Å². The lowest BCUT2D eigenvalue weighted by Crippen LogP contribution is -2.35. The zero-order valence-electron chi connectivity index (χ0n) is 9.77. The number of alkyl halides is 3. The Kier molecular flexibility index (Phi) is 4.73. The van der Waals surface area contributed by atoms with Crippen molar-refractivity contribution < 1.29 is 23.1 Å². The second kappa shape index (κ2) is 5.20. The molecule has 0 amide bonds. The van der Waals surface area contributed by atoms with E-state index in [4.69, 9.17) is 10.5 Å². The number of hydrogen-bond donors (Lipinski definition) is 3. The van der Waals surface area contributed by atoms with E-state index in [9.17, 15) is 18.0 Å². The second-order valence-electron chi connectivity index (χ2n) is 4.65. The summed E-state index contributed by atoms with van der Waals surface area (Å²) in [6, 6.07) is 0. The summed E-state index contributed by atoms with van der Waals surface area (Å²) >= 11 is 0. The molecular weight excluding hydrogens is 237 g/mol. The van der Waals surface area contributed by atoms with Crippen molar-refractivity contribution in [2.75, 3.05) is 6.54 Å². The Morgan fingerprint density at radius 3 is 2.06 bits per heavy atom. The quantitative estimate of drug-likeness (QED) is 0.530. The van der Waals surface area contributed by atoms with Crippen molar-refractivity contribution in [3.05, 3.63) is 11.3 Å². The van der Waals surface area contributed by atoms with Gasteiger partial charge in [0.2, 0.25) is 0 Å². The fraction of sp³-hybridized carbons (Fsp3) is 0.600. The molecule has 0 aromatic rings. The van der Waals surface area contributed by atoms with Gasteiger partial charge in [0.05, 0.1) is 0 Å². The Bertz CT molecular complexity index is 340. The van der Waals surface area contributed by atoms with E-state index in [1.165, 1.54) is 0 Å². The molecule has 4 nitrogen and oxygen atoms in total. The van der Waals surface area contributed by atoms with Crippen LogP contribution < -0.4 is 5.32 Å². The van der Waals surface area contributed by atoms with Crippen molar-refractivity contribution in [1.29, 1.82) is 5.41 Å². The van der Waals surface area contributed by atoms with Gasteiger partial charge in [0.15, 0.2) is 0 Å². The number of halogens is 3. The second-order valence-corrected chi connectivity index (χ2v) is 4.65. The summed E-state index contributed by atoms with van der Waals surface area (Å²) in [4.78, 5) is 10.6. The van der Waals surface area contributed by atoms with Crippen molar-refractivity contribution in [1.82, 2.24) is 5.32 Å². The van der Waals surface area contributed by atoms with Crippen LogP contribution in [-0.4, -0.2) is 30.0 Å². The lowest BCUT2D eigenvalue weighted by Gasteiger charge is -2.23. The summed E-state index contributed by atoms with van der Waals surface area (Å²) in [6.07, 6.45) is -4.64. The van der Waals surface area contributed by atoms with Crippen LogP contribution >= 0.6 is 0 Å². The molecule has 0 atom stereocenters. The molecule has 0 unspecified atom stereocenters. The normalized spacial score (nSPS) is 14.0. The number of carboxylic acid groups (broad SMARTS) is 1. The van der Waals surface area contributed by atoms with E-state index in [2.05, 4.69) is 5.32 Å². The number of rotatable bonds is 4. The summed E-state index contributed by atoms with van der Waals surface area (Å²) in [6.45, 7) is 5.07. The molecule has 0 heterocycles. The minimum absolute atomic E-state index is 0.0491. The Morgan fingerprint density at radius 1 is 1.35 bits per heavy atom. The summed E-state index contributed by atoms with van der Waals surface area (Å²) in [7, 11) is 0. The number of aliphatic carboxylic acids is 1. The summed E-state index contributed by atoms with van der Waals surface area (Å²) < 4.78 is 37.8. The average Bonchev–Trinajstić information content (AvgIpc) is 2.07. The molecule has 0 fully saturated rings. The predicted octanol–water partition coefficient (Wildman–Crippen LogP) is 2.17. The molecule has 3 N–H and O–H groups in total. The maximum Gasteiger partial charge on any atom is 0.431 e. The molecule has 0 aromatic carbocycles. The third kappa shape index (κ3) is 5.37. The highest BCUT2D eigenvalue weighted by Gasteiger charge is 2.38. The monoisotopic (exact) mass is 252 g/mol. The summed E-state index contributed by atoms with van der Waals surface area (Å²) in [5, 5.41) is 17.4. The van der Waals surface area contributed by atoms with E-state index in [1.54, 1.807) is 20.8 Å². The standard InChI is InChI=1S/C10H15F3N2O2/c1-9(2,3)5-15-7(10(11,12)13)6(4-14)8(16)17/h4,14-15H,5H2,1-3H3,(H,16,17)/b7-6+,14-4?. The first-order valence-corrected chi connectivity index (χ1v) is 4.78. The van der Waals surface area contributed by atoms with Crippen LogP contribution in [0.1, 0.15) is 20.8 Å². The zero-order chi connectivity index (χ0) is 13.9. The number of carbonyl (C=O) groups is 1. The number of carboxylic acids is 1. The minimum Gasteiger partial charge on any atom is -0.478 e. The fourth-order valence-electron chi connectivity index (χ4n) is 0.943. The molecule has 98 valence electrons. The van der Waals surface area contributed by atoms with Crippen molar-refractivity contribution in [2.45, 2.75) is 26.9 Å². The van der Waals surface area contributed by atoms with Crippen LogP contribution in [0.5, 0.6) is 0 Å².